The van der Waals surface area contributed by atoms with E-state index in [-0.39, 0.29) is 0 Å². The summed E-state index contributed by atoms with van der Waals surface area (Å²) in [5.41, 5.74) is 6.86. The summed E-state index contributed by atoms with van der Waals surface area (Å²) in [6.07, 6.45) is 1.83. The highest BCUT2D eigenvalue weighted by atomic mass is 15.3. The molecule has 2 atom stereocenters. The van der Waals surface area contributed by atoms with Crippen molar-refractivity contribution in [1.29, 1.82) is 0 Å². The Bertz CT molecular complexity index is 242. The van der Waals surface area contributed by atoms with Crippen molar-refractivity contribution in [2.75, 3.05) is 6.54 Å². The van der Waals surface area contributed by atoms with Crippen molar-refractivity contribution in [2.45, 2.75) is 19.8 Å². The highest BCUT2D eigenvalue weighted by molar-refractivity contribution is 5.07. The van der Waals surface area contributed by atoms with Gasteiger partial charge in [0, 0.05) is 24.9 Å². The smallest absolute Gasteiger partial charge is 0.0492 e. The van der Waals surface area contributed by atoms with Gasteiger partial charge in [-0.15, -0.1) is 0 Å². The first-order valence-electron chi connectivity index (χ1n) is 4.34. The molecule has 1 rings (SSSR count). The Morgan fingerprint density at radius 3 is 2.67 bits per heavy atom. The molecule has 1 heterocycles. The maximum absolute atomic E-state index is 5.60. The lowest BCUT2D eigenvalue weighted by molar-refractivity contribution is 0.470. The maximum atomic E-state index is 5.60. The second-order valence-corrected chi connectivity index (χ2v) is 3.38. The predicted molar refractivity (Wildman–Crippen MR) is 49.8 cm³/mol. The Morgan fingerprint density at radius 1 is 1.58 bits per heavy atom. The average molecular weight is 167 g/mol. The molecule has 1 aromatic rings. The second-order valence-electron chi connectivity index (χ2n) is 3.38. The van der Waals surface area contributed by atoms with E-state index in [4.69, 9.17) is 5.73 Å². The largest absolute Gasteiger partial charge is 0.330 e. The van der Waals surface area contributed by atoms with Gasteiger partial charge in [-0.05, 0) is 18.5 Å². The third-order valence-electron chi connectivity index (χ3n) is 2.55. The predicted octanol–water partition coefficient (Wildman–Crippen LogP) is 1.12. The topological polar surface area (TPSA) is 43.8 Å². The van der Waals surface area contributed by atoms with Gasteiger partial charge >= 0.3 is 0 Å². The molecule has 2 unspecified atom stereocenters. The Morgan fingerprint density at radius 2 is 2.25 bits per heavy atom. The average Bonchev–Trinajstić information content (AvgIpc) is 2.48. The summed E-state index contributed by atoms with van der Waals surface area (Å²) < 4.78 is 1.91. The van der Waals surface area contributed by atoms with Crippen LogP contribution in [0.5, 0.6) is 0 Å². The number of nitrogens with two attached hydrogens (primary N) is 1. The zero-order valence-electron chi connectivity index (χ0n) is 7.99. The first-order valence-corrected chi connectivity index (χ1v) is 4.34. The van der Waals surface area contributed by atoms with E-state index in [0.29, 0.717) is 11.8 Å². The van der Waals surface area contributed by atoms with Gasteiger partial charge in [0.2, 0.25) is 0 Å². The minimum atomic E-state index is 0.488. The molecule has 0 aromatic carbocycles. The lowest BCUT2D eigenvalue weighted by atomic mass is 9.93. The fraction of sp³-hybridized carbons (Fsp3) is 0.667. The molecule has 0 saturated heterocycles. The van der Waals surface area contributed by atoms with Gasteiger partial charge in [0.05, 0.1) is 0 Å². The molecule has 0 saturated carbocycles. The van der Waals surface area contributed by atoms with E-state index < -0.39 is 0 Å². The fourth-order valence-electron chi connectivity index (χ4n) is 1.33. The van der Waals surface area contributed by atoms with Crippen LogP contribution in [0.25, 0.3) is 0 Å². The van der Waals surface area contributed by atoms with E-state index in [1.807, 2.05) is 17.9 Å². The van der Waals surface area contributed by atoms with Crippen LogP contribution in [0.15, 0.2) is 12.3 Å². The molecule has 2 N–H and O–H groups in total. The summed E-state index contributed by atoms with van der Waals surface area (Å²) in [5.74, 6) is 1.00. The van der Waals surface area contributed by atoms with Crippen molar-refractivity contribution < 1.29 is 0 Å². The van der Waals surface area contributed by atoms with Crippen LogP contribution in [0.3, 0.4) is 0 Å². The van der Waals surface area contributed by atoms with E-state index in [9.17, 15) is 0 Å². The Labute approximate surface area is 73.6 Å². The lowest BCUT2D eigenvalue weighted by Gasteiger charge is -2.17. The molecule has 68 valence electrons. The normalized spacial score (nSPS) is 16.0. The van der Waals surface area contributed by atoms with Gasteiger partial charge in [-0.2, -0.15) is 5.10 Å². The monoisotopic (exact) mass is 167 g/mol. The van der Waals surface area contributed by atoms with Gasteiger partial charge in [0.1, 0.15) is 0 Å². The first-order chi connectivity index (χ1) is 5.66. The van der Waals surface area contributed by atoms with Gasteiger partial charge in [0.15, 0.2) is 0 Å². The van der Waals surface area contributed by atoms with Crippen LogP contribution in [0, 0.1) is 5.92 Å². The second kappa shape index (κ2) is 3.72. The Hall–Kier alpha value is -0.830. The van der Waals surface area contributed by atoms with E-state index in [2.05, 4.69) is 25.0 Å². The quantitative estimate of drug-likeness (QED) is 0.733. The van der Waals surface area contributed by atoms with Gasteiger partial charge < -0.3 is 5.73 Å². The molecule has 3 nitrogen and oxygen atoms in total. The molecule has 0 aliphatic rings. The molecule has 0 aliphatic carbocycles. The summed E-state index contributed by atoms with van der Waals surface area (Å²) in [5, 5.41) is 4.13. The highest BCUT2D eigenvalue weighted by Gasteiger charge is 2.15. The van der Waals surface area contributed by atoms with Gasteiger partial charge in [0.25, 0.3) is 0 Å². The van der Waals surface area contributed by atoms with Crippen molar-refractivity contribution in [1.82, 2.24) is 9.78 Å². The van der Waals surface area contributed by atoms with Crippen molar-refractivity contribution in [3.8, 4) is 0 Å². The van der Waals surface area contributed by atoms with E-state index in [0.717, 1.165) is 6.54 Å². The highest BCUT2D eigenvalue weighted by Crippen LogP contribution is 2.21. The van der Waals surface area contributed by atoms with Crippen LogP contribution in [-0.2, 0) is 7.05 Å². The third kappa shape index (κ3) is 1.67. The minimum Gasteiger partial charge on any atom is -0.330 e. The minimum absolute atomic E-state index is 0.488. The number of hydrogen-bond donors (Lipinski definition) is 1. The molecule has 0 spiro atoms. The van der Waals surface area contributed by atoms with Crippen LogP contribution in [-0.4, -0.2) is 16.3 Å². The fourth-order valence-corrected chi connectivity index (χ4v) is 1.33. The van der Waals surface area contributed by atoms with Crippen LogP contribution >= 0.6 is 0 Å². The summed E-state index contributed by atoms with van der Waals surface area (Å²) in [4.78, 5) is 0. The Kier molecular flexibility index (Phi) is 2.87. The number of hydrogen-bond acceptors (Lipinski definition) is 2. The Balaban J connectivity index is 2.77. The molecule has 0 amide bonds. The number of aryl methyl sites for hydroxylation is 1. The maximum Gasteiger partial charge on any atom is 0.0492 e. The zero-order valence-corrected chi connectivity index (χ0v) is 7.99. The number of nitrogens with zero attached hydrogens (tertiary/aromatic N) is 2. The SMILES string of the molecule is CC(CN)C(C)c1ccnn1C. The standard InChI is InChI=1S/C9H17N3/c1-7(6-10)8(2)9-4-5-11-12(9)3/h4-5,7-8H,6,10H2,1-3H3. The summed E-state index contributed by atoms with van der Waals surface area (Å²) >= 11 is 0. The van der Waals surface area contributed by atoms with Crippen molar-refractivity contribution >= 4 is 0 Å². The molecule has 0 radical (unpaired) electrons. The first kappa shape index (κ1) is 9.26. The molecule has 1 aromatic heterocycles. The summed E-state index contributed by atoms with van der Waals surface area (Å²) in [6, 6.07) is 2.05. The van der Waals surface area contributed by atoms with Gasteiger partial charge in [-0.1, -0.05) is 13.8 Å². The van der Waals surface area contributed by atoms with Crippen LogP contribution in [0.4, 0.5) is 0 Å². The molecule has 12 heavy (non-hydrogen) atoms. The van der Waals surface area contributed by atoms with Crippen molar-refractivity contribution in [2.24, 2.45) is 18.7 Å². The van der Waals surface area contributed by atoms with E-state index >= 15 is 0 Å². The van der Waals surface area contributed by atoms with Gasteiger partial charge in [-0.3, -0.25) is 4.68 Å². The molecule has 0 aliphatic heterocycles. The molecular formula is C9H17N3. The van der Waals surface area contributed by atoms with E-state index in [1.54, 1.807) is 0 Å². The van der Waals surface area contributed by atoms with Crippen molar-refractivity contribution in [3.63, 3.8) is 0 Å². The summed E-state index contributed by atoms with van der Waals surface area (Å²) in [6.45, 7) is 5.08. The van der Waals surface area contributed by atoms with Gasteiger partial charge in [-0.25, -0.2) is 0 Å². The lowest BCUT2D eigenvalue weighted by Crippen LogP contribution is -2.18. The molecular weight excluding hydrogens is 150 g/mol. The van der Waals surface area contributed by atoms with Crippen LogP contribution in [0.1, 0.15) is 25.5 Å². The molecule has 0 fully saturated rings. The molecule has 0 bridgehead atoms. The third-order valence-corrected chi connectivity index (χ3v) is 2.55. The van der Waals surface area contributed by atoms with E-state index in [1.165, 1.54) is 5.69 Å². The molecule has 3 heteroatoms. The van der Waals surface area contributed by atoms with Crippen molar-refractivity contribution in [3.05, 3.63) is 18.0 Å². The van der Waals surface area contributed by atoms with Crippen LogP contribution in [0.2, 0.25) is 0 Å². The summed E-state index contributed by atoms with van der Waals surface area (Å²) in [7, 11) is 1.97. The number of rotatable bonds is 3. The number of aromatic nitrogens is 2. The van der Waals surface area contributed by atoms with Crippen LogP contribution < -0.4 is 5.73 Å². The zero-order chi connectivity index (χ0) is 9.14.